The van der Waals surface area contributed by atoms with Crippen molar-refractivity contribution in [1.82, 2.24) is 15.5 Å². The first-order valence-electron chi connectivity index (χ1n) is 6.93. The van der Waals surface area contributed by atoms with Gasteiger partial charge in [0.1, 0.15) is 0 Å². The normalized spacial score (nSPS) is 12.4. The van der Waals surface area contributed by atoms with Crippen LogP contribution >= 0.6 is 11.3 Å². The maximum atomic E-state index is 5.28. The number of benzene rings is 1. The Morgan fingerprint density at radius 2 is 2.05 bits per heavy atom. The molecule has 1 N–H and O–H groups in total. The minimum Gasteiger partial charge on any atom is -0.338 e. The van der Waals surface area contributed by atoms with E-state index in [-0.39, 0.29) is 6.04 Å². The molecule has 0 saturated carbocycles. The van der Waals surface area contributed by atoms with Crippen molar-refractivity contribution in [2.75, 3.05) is 0 Å². The highest BCUT2D eigenvalue weighted by atomic mass is 32.1. The fraction of sp³-hybridized carbons (Fsp3) is 0.250. The fourth-order valence-corrected chi connectivity index (χ4v) is 2.85. The number of hydrogen-bond donors (Lipinski definition) is 1. The van der Waals surface area contributed by atoms with Gasteiger partial charge < -0.3 is 9.84 Å². The van der Waals surface area contributed by atoms with Gasteiger partial charge in [-0.3, -0.25) is 0 Å². The maximum Gasteiger partial charge on any atom is 0.240 e. The lowest BCUT2D eigenvalue weighted by molar-refractivity contribution is 0.357. The van der Waals surface area contributed by atoms with E-state index in [1.165, 1.54) is 10.4 Å². The van der Waals surface area contributed by atoms with E-state index in [4.69, 9.17) is 4.52 Å². The molecule has 1 aromatic carbocycles. The molecule has 0 amide bonds. The zero-order valence-electron chi connectivity index (χ0n) is 11.8. The molecule has 1 atom stereocenters. The molecule has 0 spiro atoms. The van der Waals surface area contributed by atoms with Gasteiger partial charge in [0, 0.05) is 17.3 Å². The summed E-state index contributed by atoms with van der Waals surface area (Å²) in [7, 11) is 0. The Morgan fingerprint density at radius 3 is 2.81 bits per heavy atom. The molecule has 1 unspecified atom stereocenters. The molecule has 108 valence electrons. The first-order valence-corrected chi connectivity index (χ1v) is 7.81. The Morgan fingerprint density at radius 1 is 1.19 bits per heavy atom. The maximum absolute atomic E-state index is 5.28. The molecule has 2 heterocycles. The van der Waals surface area contributed by atoms with Gasteiger partial charge in [-0.25, -0.2) is 0 Å². The van der Waals surface area contributed by atoms with E-state index in [2.05, 4.69) is 52.0 Å². The van der Waals surface area contributed by atoms with Crippen molar-refractivity contribution >= 4 is 11.3 Å². The summed E-state index contributed by atoms with van der Waals surface area (Å²) >= 11 is 1.74. The Hall–Kier alpha value is -1.98. The van der Waals surface area contributed by atoms with E-state index >= 15 is 0 Å². The SMILES string of the molecule is CC(NCc1nc(Cc2ccccc2)no1)c1cccs1. The summed E-state index contributed by atoms with van der Waals surface area (Å²) in [4.78, 5) is 5.73. The molecule has 0 bridgehead atoms. The average molecular weight is 299 g/mol. The van der Waals surface area contributed by atoms with Gasteiger partial charge in [-0.2, -0.15) is 4.98 Å². The van der Waals surface area contributed by atoms with Gasteiger partial charge in [-0.15, -0.1) is 11.3 Å². The molecule has 0 saturated heterocycles. The first kappa shape index (κ1) is 14.0. The third-order valence-corrected chi connectivity index (χ3v) is 4.30. The van der Waals surface area contributed by atoms with Crippen LogP contribution in [0.4, 0.5) is 0 Å². The molecule has 2 aromatic heterocycles. The monoisotopic (exact) mass is 299 g/mol. The molecule has 0 aliphatic carbocycles. The quantitative estimate of drug-likeness (QED) is 0.756. The Balaban J connectivity index is 1.55. The van der Waals surface area contributed by atoms with E-state index in [0.717, 1.165) is 5.82 Å². The van der Waals surface area contributed by atoms with Gasteiger partial charge in [0.2, 0.25) is 5.89 Å². The Bertz CT molecular complexity index is 664. The van der Waals surface area contributed by atoms with E-state index in [1.54, 1.807) is 11.3 Å². The number of aromatic nitrogens is 2. The second-order valence-corrected chi connectivity index (χ2v) is 5.86. The highest BCUT2D eigenvalue weighted by Crippen LogP contribution is 2.18. The van der Waals surface area contributed by atoms with E-state index in [9.17, 15) is 0 Å². The van der Waals surface area contributed by atoms with Crippen LogP contribution < -0.4 is 5.32 Å². The van der Waals surface area contributed by atoms with E-state index < -0.39 is 0 Å². The van der Waals surface area contributed by atoms with Crippen LogP contribution in [-0.2, 0) is 13.0 Å². The Labute approximate surface area is 127 Å². The minimum absolute atomic E-state index is 0.287. The largest absolute Gasteiger partial charge is 0.338 e. The summed E-state index contributed by atoms with van der Waals surface area (Å²) in [5.74, 6) is 1.35. The number of rotatable bonds is 6. The molecule has 0 aliphatic heterocycles. The molecular weight excluding hydrogens is 282 g/mol. The van der Waals surface area contributed by atoms with Crippen LogP contribution in [0, 0.1) is 0 Å². The molecule has 0 aliphatic rings. The number of hydrogen-bond acceptors (Lipinski definition) is 5. The summed E-state index contributed by atoms with van der Waals surface area (Å²) in [6.45, 7) is 2.72. The molecule has 3 aromatic rings. The van der Waals surface area contributed by atoms with Gasteiger partial charge in [0.15, 0.2) is 5.82 Å². The van der Waals surface area contributed by atoms with Gasteiger partial charge in [0.25, 0.3) is 0 Å². The lowest BCUT2D eigenvalue weighted by atomic mass is 10.1. The highest BCUT2D eigenvalue weighted by molar-refractivity contribution is 7.10. The molecule has 0 fully saturated rings. The van der Waals surface area contributed by atoms with E-state index in [0.29, 0.717) is 18.9 Å². The Kier molecular flexibility index (Phi) is 4.43. The van der Waals surface area contributed by atoms with Gasteiger partial charge in [-0.1, -0.05) is 41.6 Å². The lowest BCUT2D eigenvalue weighted by Crippen LogP contribution is -2.17. The van der Waals surface area contributed by atoms with Crippen molar-refractivity contribution in [1.29, 1.82) is 0 Å². The zero-order valence-corrected chi connectivity index (χ0v) is 12.6. The number of nitrogens with one attached hydrogen (secondary N) is 1. The molecule has 0 radical (unpaired) electrons. The predicted molar refractivity (Wildman–Crippen MR) is 83.1 cm³/mol. The third-order valence-electron chi connectivity index (χ3n) is 3.24. The summed E-state index contributed by atoms with van der Waals surface area (Å²) in [6, 6.07) is 14.6. The van der Waals surface area contributed by atoms with Crippen LogP contribution in [0.25, 0.3) is 0 Å². The predicted octanol–water partition coefficient (Wildman–Crippen LogP) is 3.57. The summed E-state index contributed by atoms with van der Waals surface area (Å²) in [5, 5.41) is 9.50. The summed E-state index contributed by atoms with van der Waals surface area (Å²) in [5.41, 5.74) is 1.18. The molecule has 5 heteroatoms. The van der Waals surface area contributed by atoms with Crippen molar-refractivity contribution < 1.29 is 4.52 Å². The van der Waals surface area contributed by atoms with Crippen molar-refractivity contribution in [3.05, 3.63) is 70.0 Å². The number of thiophene rings is 1. The zero-order chi connectivity index (χ0) is 14.5. The van der Waals surface area contributed by atoms with Crippen LogP contribution in [0.1, 0.15) is 35.1 Å². The molecular formula is C16H17N3OS. The van der Waals surface area contributed by atoms with Crippen molar-refractivity contribution in [3.8, 4) is 0 Å². The van der Waals surface area contributed by atoms with E-state index in [1.807, 2.05) is 18.2 Å². The first-order chi connectivity index (χ1) is 10.3. The molecule has 4 nitrogen and oxygen atoms in total. The molecule has 21 heavy (non-hydrogen) atoms. The second-order valence-electron chi connectivity index (χ2n) is 4.88. The second kappa shape index (κ2) is 6.65. The summed E-state index contributed by atoms with van der Waals surface area (Å²) < 4.78 is 5.28. The van der Waals surface area contributed by atoms with Gasteiger partial charge in [-0.05, 0) is 23.9 Å². The van der Waals surface area contributed by atoms with Gasteiger partial charge >= 0.3 is 0 Å². The lowest BCUT2D eigenvalue weighted by Gasteiger charge is -2.09. The fourth-order valence-electron chi connectivity index (χ4n) is 2.09. The molecule has 3 rings (SSSR count). The smallest absolute Gasteiger partial charge is 0.240 e. The standard InChI is InChI=1S/C16H17N3OS/c1-12(14-8-5-9-21-14)17-11-16-18-15(19-20-16)10-13-6-3-2-4-7-13/h2-9,12,17H,10-11H2,1H3. The van der Waals surface area contributed by atoms with Crippen LogP contribution in [0.5, 0.6) is 0 Å². The van der Waals surface area contributed by atoms with Crippen molar-refractivity contribution in [2.24, 2.45) is 0 Å². The van der Waals surface area contributed by atoms with Crippen molar-refractivity contribution in [2.45, 2.75) is 25.9 Å². The average Bonchev–Trinajstić information content (AvgIpc) is 3.17. The highest BCUT2D eigenvalue weighted by Gasteiger charge is 2.10. The van der Waals surface area contributed by atoms with Crippen LogP contribution in [-0.4, -0.2) is 10.1 Å². The summed E-state index contributed by atoms with van der Waals surface area (Å²) in [6.07, 6.45) is 0.699. The number of nitrogens with zero attached hydrogens (tertiary/aromatic N) is 2. The van der Waals surface area contributed by atoms with Crippen LogP contribution in [0.2, 0.25) is 0 Å². The topological polar surface area (TPSA) is 51.0 Å². The minimum atomic E-state index is 0.287. The van der Waals surface area contributed by atoms with Crippen LogP contribution in [0.15, 0.2) is 52.4 Å². The third kappa shape index (κ3) is 3.77. The van der Waals surface area contributed by atoms with Crippen LogP contribution in [0.3, 0.4) is 0 Å². The van der Waals surface area contributed by atoms with Gasteiger partial charge in [0.05, 0.1) is 6.54 Å². The van der Waals surface area contributed by atoms with Crippen molar-refractivity contribution in [3.63, 3.8) is 0 Å².